The summed E-state index contributed by atoms with van der Waals surface area (Å²) >= 11 is 3.85. The van der Waals surface area contributed by atoms with Crippen LogP contribution < -0.4 is 11.5 Å². The van der Waals surface area contributed by atoms with Crippen molar-refractivity contribution in [1.29, 1.82) is 0 Å². The van der Waals surface area contributed by atoms with Crippen molar-refractivity contribution in [2.24, 2.45) is 11.5 Å². The van der Waals surface area contributed by atoms with Crippen molar-refractivity contribution in [2.75, 3.05) is 12.3 Å². The maximum absolute atomic E-state index is 12.2. The van der Waals surface area contributed by atoms with Crippen LogP contribution in [-0.2, 0) is 28.7 Å². The minimum absolute atomic E-state index is 0.0112. The molecule has 0 heterocycles. The van der Waals surface area contributed by atoms with Gasteiger partial charge in [0.05, 0.1) is 6.04 Å². The molecule has 2 amide bonds. The van der Waals surface area contributed by atoms with Gasteiger partial charge in [-0.25, -0.2) is 4.79 Å². The topological polar surface area (TPSA) is 170 Å². The second kappa shape index (κ2) is 11.6. The third kappa shape index (κ3) is 8.61. The number of esters is 2. The SMILES string of the molecule is CCCC(=O)OC(=O)CN(C(=O)CC[C@H](N)C(=O)O)C(=O)[C@@H](N)CS. The van der Waals surface area contributed by atoms with E-state index in [-0.39, 0.29) is 18.6 Å². The van der Waals surface area contributed by atoms with E-state index >= 15 is 0 Å². The third-order valence-corrected chi connectivity index (χ3v) is 3.43. The molecule has 11 heteroatoms. The van der Waals surface area contributed by atoms with Crippen LogP contribution >= 0.6 is 12.6 Å². The number of aliphatic carboxylic acids is 1. The number of hydrogen-bond acceptors (Lipinski definition) is 9. The van der Waals surface area contributed by atoms with Gasteiger partial charge in [0.2, 0.25) is 11.8 Å². The number of carboxylic acids is 1. The van der Waals surface area contributed by atoms with Crippen LogP contribution in [0.4, 0.5) is 0 Å². The number of imide groups is 1. The van der Waals surface area contributed by atoms with Gasteiger partial charge in [-0.05, 0) is 12.8 Å². The summed E-state index contributed by atoms with van der Waals surface area (Å²) in [6, 6.07) is -2.45. The van der Waals surface area contributed by atoms with Gasteiger partial charge >= 0.3 is 17.9 Å². The summed E-state index contributed by atoms with van der Waals surface area (Å²) in [7, 11) is 0. The smallest absolute Gasteiger partial charge is 0.333 e. The summed E-state index contributed by atoms with van der Waals surface area (Å²) in [5.41, 5.74) is 10.8. The number of rotatable bonds is 10. The molecule has 0 unspecified atom stereocenters. The van der Waals surface area contributed by atoms with Crippen LogP contribution in [0.3, 0.4) is 0 Å². The Kier molecular flexibility index (Phi) is 10.6. The van der Waals surface area contributed by atoms with E-state index in [9.17, 15) is 24.0 Å². The Hall–Kier alpha value is -1.98. The van der Waals surface area contributed by atoms with Crippen LogP contribution in [0, 0.1) is 0 Å². The van der Waals surface area contributed by atoms with Crippen molar-refractivity contribution in [3.63, 3.8) is 0 Å². The Morgan fingerprint density at radius 1 is 1.08 bits per heavy atom. The first-order valence-electron chi connectivity index (χ1n) is 7.56. The summed E-state index contributed by atoms with van der Waals surface area (Å²) in [6.07, 6.45) is -0.158. The molecule has 10 nitrogen and oxygen atoms in total. The zero-order valence-electron chi connectivity index (χ0n) is 13.8. The molecule has 0 aromatic carbocycles. The predicted molar refractivity (Wildman–Crippen MR) is 89.4 cm³/mol. The fourth-order valence-corrected chi connectivity index (χ4v) is 1.80. The van der Waals surface area contributed by atoms with Crippen LogP contribution in [0.1, 0.15) is 32.6 Å². The van der Waals surface area contributed by atoms with Crippen molar-refractivity contribution < 1.29 is 33.8 Å². The molecule has 0 aromatic rings. The number of amides is 2. The maximum Gasteiger partial charge on any atom is 0.333 e. The highest BCUT2D eigenvalue weighted by molar-refractivity contribution is 7.80. The molecule has 0 aliphatic heterocycles. The lowest BCUT2D eigenvalue weighted by Gasteiger charge is -2.22. The second-order valence-electron chi connectivity index (χ2n) is 5.19. The first-order valence-corrected chi connectivity index (χ1v) is 8.19. The standard InChI is InChI=1S/C14H23N3O7S/c1-2-3-11(19)24-12(20)6-17(13(21)9(16)7-25)10(18)5-4-8(15)14(22)23/h8-9,25H,2-7,15-16H2,1H3,(H,22,23)/t8-,9-/m0/s1. The van der Waals surface area contributed by atoms with Crippen LogP contribution in [0.25, 0.3) is 0 Å². The highest BCUT2D eigenvalue weighted by Gasteiger charge is 2.29. The minimum Gasteiger partial charge on any atom is -0.480 e. The summed E-state index contributed by atoms with van der Waals surface area (Å²) < 4.78 is 4.50. The highest BCUT2D eigenvalue weighted by Crippen LogP contribution is 2.05. The van der Waals surface area contributed by atoms with Gasteiger partial charge in [-0.2, -0.15) is 12.6 Å². The van der Waals surface area contributed by atoms with Gasteiger partial charge in [0, 0.05) is 18.6 Å². The molecular weight excluding hydrogens is 354 g/mol. The van der Waals surface area contributed by atoms with E-state index in [1.165, 1.54) is 0 Å². The molecule has 0 radical (unpaired) electrons. The van der Waals surface area contributed by atoms with Gasteiger partial charge in [-0.15, -0.1) is 0 Å². The molecule has 25 heavy (non-hydrogen) atoms. The van der Waals surface area contributed by atoms with Gasteiger partial charge in [-0.1, -0.05) is 6.92 Å². The predicted octanol–water partition coefficient (Wildman–Crippen LogP) is -1.34. The van der Waals surface area contributed by atoms with Crippen LogP contribution in [-0.4, -0.2) is 64.1 Å². The monoisotopic (exact) mass is 377 g/mol. The highest BCUT2D eigenvalue weighted by atomic mass is 32.1. The van der Waals surface area contributed by atoms with Crippen LogP contribution in [0.15, 0.2) is 0 Å². The molecule has 0 aliphatic rings. The first kappa shape index (κ1) is 23.0. The fraction of sp³-hybridized carbons (Fsp3) is 0.643. The van der Waals surface area contributed by atoms with E-state index < -0.39 is 54.8 Å². The Morgan fingerprint density at radius 3 is 2.16 bits per heavy atom. The van der Waals surface area contributed by atoms with E-state index in [0.717, 1.165) is 0 Å². The Morgan fingerprint density at radius 2 is 1.68 bits per heavy atom. The molecule has 0 saturated heterocycles. The number of hydrogen-bond donors (Lipinski definition) is 4. The molecule has 0 spiro atoms. The number of nitrogens with zero attached hydrogens (tertiary/aromatic N) is 1. The number of carboxylic acid groups (broad SMARTS) is 1. The average Bonchev–Trinajstić information content (AvgIpc) is 2.55. The van der Waals surface area contributed by atoms with Gasteiger partial charge in [0.15, 0.2) is 0 Å². The van der Waals surface area contributed by atoms with E-state index in [2.05, 4.69) is 17.4 Å². The lowest BCUT2D eigenvalue weighted by Crippen LogP contribution is -2.50. The quantitative estimate of drug-likeness (QED) is 0.204. The van der Waals surface area contributed by atoms with Gasteiger partial charge < -0.3 is 21.3 Å². The Bertz CT molecular complexity index is 527. The van der Waals surface area contributed by atoms with Crippen molar-refractivity contribution in [1.82, 2.24) is 4.90 Å². The largest absolute Gasteiger partial charge is 0.480 e. The summed E-state index contributed by atoms with van der Waals surface area (Å²) in [6.45, 7) is 0.902. The van der Waals surface area contributed by atoms with E-state index in [4.69, 9.17) is 16.6 Å². The molecule has 0 saturated carbocycles. The van der Waals surface area contributed by atoms with Crippen LogP contribution in [0.5, 0.6) is 0 Å². The molecule has 0 aliphatic carbocycles. The third-order valence-electron chi connectivity index (χ3n) is 3.04. The zero-order chi connectivity index (χ0) is 19.6. The Balaban J connectivity index is 5.00. The second-order valence-corrected chi connectivity index (χ2v) is 5.55. The van der Waals surface area contributed by atoms with Crippen molar-refractivity contribution in [3.8, 4) is 0 Å². The summed E-state index contributed by atoms with van der Waals surface area (Å²) in [4.78, 5) is 58.5. The minimum atomic E-state index is -1.30. The lowest BCUT2D eigenvalue weighted by molar-refractivity contribution is -0.164. The molecule has 5 N–H and O–H groups in total. The van der Waals surface area contributed by atoms with Gasteiger partial charge in [0.25, 0.3) is 0 Å². The van der Waals surface area contributed by atoms with Gasteiger partial charge in [0.1, 0.15) is 12.6 Å². The molecule has 0 bridgehead atoms. The molecule has 2 atom stereocenters. The van der Waals surface area contributed by atoms with Crippen LogP contribution in [0.2, 0.25) is 0 Å². The average molecular weight is 377 g/mol. The molecule has 0 rings (SSSR count). The Labute approximate surface area is 150 Å². The number of thiol groups is 1. The number of carbonyl (C=O) groups is 5. The molecule has 142 valence electrons. The molecule has 0 aromatic heterocycles. The van der Waals surface area contributed by atoms with Crippen molar-refractivity contribution >= 4 is 42.4 Å². The summed E-state index contributed by atoms with van der Waals surface area (Å²) in [5.74, 6) is -4.99. The number of carbonyl (C=O) groups excluding carboxylic acids is 4. The fourth-order valence-electron chi connectivity index (χ4n) is 1.65. The lowest BCUT2D eigenvalue weighted by atomic mass is 10.1. The zero-order valence-corrected chi connectivity index (χ0v) is 14.7. The number of ether oxygens (including phenoxy) is 1. The first-order chi connectivity index (χ1) is 11.6. The van der Waals surface area contributed by atoms with E-state index in [1.54, 1.807) is 6.92 Å². The summed E-state index contributed by atoms with van der Waals surface area (Å²) in [5, 5.41) is 8.71. The van der Waals surface area contributed by atoms with E-state index in [1.807, 2.05) is 0 Å². The molecular formula is C14H23N3O7S. The normalized spacial score (nSPS) is 12.8. The molecule has 0 fully saturated rings. The van der Waals surface area contributed by atoms with Gasteiger partial charge in [-0.3, -0.25) is 24.1 Å². The van der Waals surface area contributed by atoms with E-state index in [0.29, 0.717) is 11.3 Å². The maximum atomic E-state index is 12.2. The van der Waals surface area contributed by atoms with Crippen molar-refractivity contribution in [3.05, 3.63) is 0 Å². The van der Waals surface area contributed by atoms with Crippen molar-refractivity contribution in [2.45, 2.75) is 44.7 Å². The number of nitrogens with two attached hydrogens (primary N) is 2.